The molecule has 2 heteroatoms. The Labute approximate surface area is 148 Å². The first kappa shape index (κ1) is 19.5. The van der Waals surface area contributed by atoms with Gasteiger partial charge in [-0.05, 0) is 61.3 Å². The summed E-state index contributed by atoms with van der Waals surface area (Å²) in [6.07, 6.45) is 10.7. The molecule has 2 aliphatic rings. The summed E-state index contributed by atoms with van der Waals surface area (Å²) in [5.74, 6) is 1.38. The summed E-state index contributed by atoms with van der Waals surface area (Å²) in [6, 6.07) is 0. The van der Waals surface area contributed by atoms with Gasteiger partial charge in [0.05, 0.1) is 12.2 Å². The Morgan fingerprint density at radius 1 is 1.21 bits per heavy atom. The quantitative estimate of drug-likeness (QED) is 0.697. The second-order valence-corrected chi connectivity index (χ2v) is 8.21. The van der Waals surface area contributed by atoms with E-state index in [0.717, 1.165) is 11.5 Å². The zero-order chi connectivity index (χ0) is 17.9. The third-order valence-electron chi connectivity index (χ3n) is 6.87. The van der Waals surface area contributed by atoms with E-state index in [1.807, 2.05) is 0 Å². The molecule has 0 aromatic carbocycles. The molecule has 0 aliphatic heterocycles. The molecule has 0 spiro atoms. The van der Waals surface area contributed by atoms with Gasteiger partial charge in [0, 0.05) is 0 Å². The van der Waals surface area contributed by atoms with Crippen LogP contribution in [-0.4, -0.2) is 22.4 Å². The van der Waals surface area contributed by atoms with E-state index in [9.17, 15) is 10.2 Å². The number of allylic oxidation sites excluding steroid dienone is 3. The molecular formula is C22H36O2. The van der Waals surface area contributed by atoms with Crippen molar-refractivity contribution in [1.82, 2.24) is 0 Å². The number of hydrogen-bond acceptors (Lipinski definition) is 2. The largest absolute Gasteiger partial charge is 0.388 e. The molecule has 2 saturated carbocycles. The van der Waals surface area contributed by atoms with Crippen molar-refractivity contribution >= 4 is 0 Å². The lowest BCUT2D eigenvalue weighted by atomic mass is 9.58. The molecule has 136 valence electrons. The predicted octanol–water partition coefficient (Wildman–Crippen LogP) is 5.17. The first-order valence-corrected chi connectivity index (χ1v) is 9.76. The van der Waals surface area contributed by atoms with E-state index in [-0.39, 0.29) is 0 Å². The molecule has 0 heterocycles. The molecule has 5 atom stereocenters. The zero-order valence-electron chi connectivity index (χ0n) is 16.0. The zero-order valence-corrected chi connectivity index (χ0v) is 16.0. The predicted molar refractivity (Wildman–Crippen MR) is 102 cm³/mol. The number of rotatable bonds is 4. The third kappa shape index (κ3) is 3.86. The topological polar surface area (TPSA) is 40.5 Å². The molecule has 0 bridgehead atoms. The van der Waals surface area contributed by atoms with Gasteiger partial charge in [-0.25, -0.2) is 0 Å². The molecule has 2 nitrogen and oxygen atoms in total. The van der Waals surface area contributed by atoms with Crippen LogP contribution >= 0.6 is 0 Å². The first-order chi connectivity index (χ1) is 11.3. The molecule has 0 radical (unpaired) electrons. The van der Waals surface area contributed by atoms with Gasteiger partial charge >= 0.3 is 0 Å². The smallest absolute Gasteiger partial charge is 0.0809 e. The van der Waals surface area contributed by atoms with Gasteiger partial charge < -0.3 is 10.2 Å². The lowest BCUT2D eigenvalue weighted by Gasteiger charge is -2.47. The molecule has 0 aromatic rings. The van der Waals surface area contributed by atoms with Crippen molar-refractivity contribution in [3.05, 3.63) is 35.5 Å². The maximum absolute atomic E-state index is 10.0. The normalized spacial score (nSPS) is 37.6. The minimum absolute atomic E-state index is 0.395. The van der Waals surface area contributed by atoms with Gasteiger partial charge in [-0.1, -0.05) is 64.0 Å². The van der Waals surface area contributed by atoms with Crippen molar-refractivity contribution in [3.63, 3.8) is 0 Å². The molecule has 2 aliphatic carbocycles. The molecule has 0 amide bonds. The molecular weight excluding hydrogens is 296 g/mol. The summed E-state index contributed by atoms with van der Waals surface area (Å²) in [7, 11) is 0. The molecule has 2 rings (SSSR count). The summed E-state index contributed by atoms with van der Waals surface area (Å²) in [5.41, 5.74) is 3.66. The molecule has 2 N–H and O–H groups in total. The highest BCUT2D eigenvalue weighted by atomic mass is 16.3. The molecule has 2 fully saturated rings. The Morgan fingerprint density at radius 3 is 2.38 bits per heavy atom. The van der Waals surface area contributed by atoms with E-state index in [0.29, 0.717) is 29.7 Å². The van der Waals surface area contributed by atoms with E-state index in [4.69, 9.17) is 0 Å². The minimum atomic E-state index is -0.600. The van der Waals surface area contributed by atoms with Gasteiger partial charge in [0.15, 0.2) is 0 Å². The fraction of sp³-hybridized carbons (Fsp3) is 0.727. The second kappa shape index (κ2) is 8.01. The van der Waals surface area contributed by atoms with Crippen molar-refractivity contribution in [3.8, 4) is 0 Å². The van der Waals surface area contributed by atoms with Crippen LogP contribution in [0.15, 0.2) is 35.5 Å². The standard InChI is InChI=1S/C22H36O2/c1-6-15(3)22(5)12-8-9-18(19(22)7-2)11-10-17-13-20(23)16(4)21(24)14-17/h10-11,15,19-21,23-24H,4,6-9,12-14H2,1-3,5H3. The Kier molecular flexibility index (Phi) is 6.50. The van der Waals surface area contributed by atoms with Gasteiger partial charge in [0.1, 0.15) is 0 Å². The summed E-state index contributed by atoms with van der Waals surface area (Å²) in [5, 5.41) is 20.0. The van der Waals surface area contributed by atoms with Crippen LogP contribution in [0.4, 0.5) is 0 Å². The third-order valence-corrected chi connectivity index (χ3v) is 6.87. The van der Waals surface area contributed by atoms with Gasteiger partial charge in [0.2, 0.25) is 0 Å². The Hall–Kier alpha value is -0.860. The second-order valence-electron chi connectivity index (χ2n) is 8.21. The molecule has 0 aromatic heterocycles. The lowest BCUT2D eigenvalue weighted by Crippen LogP contribution is -2.37. The van der Waals surface area contributed by atoms with Crippen molar-refractivity contribution in [2.45, 2.75) is 84.8 Å². The lowest BCUT2D eigenvalue weighted by molar-refractivity contribution is 0.0817. The van der Waals surface area contributed by atoms with Gasteiger partial charge in [-0.2, -0.15) is 0 Å². The summed E-state index contributed by atoms with van der Waals surface area (Å²) in [6.45, 7) is 13.3. The van der Waals surface area contributed by atoms with Crippen molar-refractivity contribution in [1.29, 1.82) is 0 Å². The SMILES string of the molecule is C=C1C(O)CC(=CC=C2CCCC(C)(C(C)CC)C2CC)CC1O. The number of aliphatic hydroxyl groups is 2. The minimum Gasteiger partial charge on any atom is -0.388 e. The van der Waals surface area contributed by atoms with Crippen LogP contribution in [0.3, 0.4) is 0 Å². The van der Waals surface area contributed by atoms with Crippen LogP contribution in [0.2, 0.25) is 0 Å². The van der Waals surface area contributed by atoms with E-state index >= 15 is 0 Å². The van der Waals surface area contributed by atoms with E-state index < -0.39 is 12.2 Å². The Bertz CT molecular complexity index is 500. The number of aliphatic hydroxyl groups excluding tert-OH is 2. The number of hydrogen-bond donors (Lipinski definition) is 2. The average molecular weight is 333 g/mol. The van der Waals surface area contributed by atoms with E-state index in [1.165, 1.54) is 32.1 Å². The maximum atomic E-state index is 10.0. The van der Waals surface area contributed by atoms with Crippen LogP contribution in [0.1, 0.15) is 72.6 Å². The highest BCUT2D eigenvalue weighted by Crippen LogP contribution is 2.51. The van der Waals surface area contributed by atoms with Gasteiger partial charge in [-0.15, -0.1) is 0 Å². The molecule has 0 saturated heterocycles. The van der Waals surface area contributed by atoms with Crippen LogP contribution in [-0.2, 0) is 0 Å². The summed E-state index contributed by atoms with van der Waals surface area (Å²) in [4.78, 5) is 0. The highest BCUT2D eigenvalue weighted by molar-refractivity contribution is 5.29. The summed E-state index contributed by atoms with van der Waals surface area (Å²) >= 11 is 0. The van der Waals surface area contributed by atoms with Gasteiger partial charge in [-0.3, -0.25) is 0 Å². The van der Waals surface area contributed by atoms with Crippen LogP contribution in [0.5, 0.6) is 0 Å². The molecule has 24 heavy (non-hydrogen) atoms. The maximum Gasteiger partial charge on any atom is 0.0809 e. The van der Waals surface area contributed by atoms with Crippen molar-refractivity contribution < 1.29 is 10.2 Å². The monoisotopic (exact) mass is 332 g/mol. The van der Waals surface area contributed by atoms with Crippen LogP contribution < -0.4 is 0 Å². The Morgan fingerprint density at radius 2 is 1.83 bits per heavy atom. The molecule has 5 unspecified atom stereocenters. The highest BCUT2D eigenvalue weighted by Gasteiger charge is 2.41. The Balaban J connectivity index is 2.21. The fourth-order valence-corrected chi connectivity index (χ4v) is 4.85. The van der Waals surface area contributed by atoms with E-state index in [1.54, 1.807) is 5.57 Å². The average Bonchev–Trinajstić information content (AvgIpc) is 2.56. The van der Waals surface area contributed by atoms with Crippen LogP contribution in [0.25, 0.3) is 0 Å². The van der Waals surface area contributed by atoms with Crippen molar-refractivity contribution in [2.24, 2.45) is 17.3 Å². The van der Waals surface area contributed by atoms with Gasteiger partial charge in [0.25, 0.3) is 0 Å². The fourth-order valence-electron chi connectivity index (χ4n) is 4.85. The van der Waals surface area contributed by atoms with E-state index in [2.05, 4.69) is 46.4 Å². The summed E-state index contributed by atoms with van der Waals surface area (Å²) < 4.78 is 0. The first-order valence-electron chi connectivity index (χ1n) is 9.76. The van der Waals surface area contributed by atoms with Crippen molar-refractivity contribution in [2.75, 3.05) is 0 Å². The van der Waals surface area contributed by atoms with Crippen LogP contribution in [0, 0.1) is 17.3 Å².